The third-order valence-electron chi connectivity index (χ3n) is 3.29. The number of aliphatic hydroxyl groups is 1. The minimum absolute atomic E-state index is 0.193. The third kappa shape index (κ3) is 3.27. The molecule has 106 valence electrons. The van der Waals surface area contributed by atoms with Gasteiger partial charge in [0, 0.05) is 12.2 Å². The molecule has 0 bridgehead atoms. The van der Waals surface area contributed by atoms with Crippen LogP contribution in [0.5, 0.6) is 0 Å². The standard InChI is InChI=1S/C16H20N2O2/c1-10-4-6-13(7-5-10)14(19)9-17-16(20)15-11(2)8-12(3)18-15/h4-8,14,18-19H,9H2,1-3H3,(H,17,20). The van der Waals surface area contributed by atoms with Gasteiger partial charge >= 0.3 is 0 Å². The third-order valence-corrected chi connectivity index (χ3v) is 3.29. The summed E-state index contributed by atoms with van der Waals surface area (Å²) in [6, 6.07) is 9.55. The van der Waals surface area contributed by atoms with Gasteiger partial charge < -0.3 is 15.4 Å². The summed E-state index contributed by atoms with van der Waals surface area (Å²) in [5.41, 5.74) is 4.35. The average molecular weight is 272 g/mol. The number of aromatic amines is 1. The number of aliphatic hydroxyl groups excluding tert-OH is 1. The topological polar surface area (TPSA) is 65.1 Å². The molecule has 4 nitrogen and oxygen atoms in total. The lowest BCUT2D eigenvalue weighted by Crippen LogP contribution is -2.29. The number of aryl methyl sites for hydroxylation is 3. The first-order chi connectivity index (χ1) is 9.47. The summed E-state index contributed by atoms with van der Waals surface area (Å²) in [6.45, 7) is 5.98. The number of rotatable bonds is 4. The normalized spacial score (nSPS) is 12.2. The van der Waals surface area contributed by atoms with E-state index in [9.17, 15) is 9.90 Å². The van der Waals surface area contributed by atoms with E-state index in [0.717, 1.165) is 22.4 Å². The molecule has 1 unspecified atom stereocenters. The second-order valence-corrected chi connectivity index (χ2v) is 5.15. The Hall–Kier alpha value is -2.07. The maximum atomic E-state index is 12.0. The second-order valence-electron chi connectivity index (χ2n) is 5.15. The summed E-state index contributed by atoms with van der Waals surface area (Å²) in [4.78, 5) is 15.0. The van der Waals surface area contributed by atoms with Crippen LogP contribution in [-0.4, -0.2) is 22.5 Å². The van der Waals surface area contributed by atoms with Crippen LogP contribution in [0.4, 0.5) is 0 Å². The number of nitrogens with one attached hydrogen (secondary N) is 2. The van der Waals surface area contributed by atoms with E-state index in [1.54, 1.807) is 0 Å². The van der Waals surface area contributed by atoms with E-state index in [2.05, 4.69) is 10.3 Å². The Morgan fingerprint density at radius 3 is 2.45 bits per heavy atom. The molecular formula is C16H20N2O2. The van der Waals surface area contributed by atoms with Gasteiger partial charge in [-0.25, -0.2) is 0 Å². The molecule has 0 saturated carbocycles. The summed E-state index contributed by atoms with van der Waals surface area (Å²) >= 11 is 0. The first kappa shape index (κ1) is 14.3. The van der Waals surface area contributed by atoms with Gasteiger partial charge in [-0.05, 0) is 38.0 Å². The van der Waals surface area contributed by atoms with Crippen LogP contribution in [0, 0.1) is 20.8 Å². The highest BCUT2D eigenvalue weighted by molar-refractivity contribution is 5.94. The van der Waals surface area contributed by atoms with Gasteiger partial charge in [0.2, 0.25) is 0 Å². The van der Waals surface area contributed by atoms with Crippen molar-refractivity contribution in [3.8, 4) is 0 Å². The van der Waals surface area contributed by atoms with Gasteiger partial charge in [0.15, 0.2) is 0 Å². The Kier molecular flexibility index (Phi) is 4.25. The SMILES string of the molecule is Cc1ccc(C(O)CNC(=O)c2[nH]c(C)cc2C)cc1. The summed E-state index contributed by atoms with van der Waals surface area (Å²) in [5.74, 6) is -0.193. The maximum absolute atomic E-state index is 12.0. The highest BCUT2D eigenvalue weighted by Crippen LogP contribution is 2.13. The van der Waals surface area contributed by atoms with E-state index in [-0.39, 0.29) is 12.5 Å². The molecule has 2 rings (SSSR count). The lowest BCUT2D eigenvalue weighted by molar-refractivity contribution is 0.0911. The monoisotopic (exact) mass is 272 g/mol. The van der Waals surface area contributed by atoms with Crippen molar-refractivity contribution in [2.45, 2.75) is 26.9 Å². The Morgan fingerprint density at radius 2 is 1.90 bits per heavy atom. The van der Waals surface area contributed by atoms with Crippen LogP contribution < -0.4 is 5.32 Å². The van der Waals surface area contributed by atoms with Crippen molar-refractivity contribution < 1.29 is 9.90 Å². The van der Waals surface area contributed by atoms with Crippen molar-refractivity contribution in [1.82, 2.24) is 10.3 Å². The number of carbonyl (C=O) groups excluding carboxylic acids is 1. The molecule has 0 radical (unpaired) electrons. The van der Waals surface area contributed by atoms with E-state index >= 15 is 0 Å². The van der Waals surface area contributed by atoms with Crippen molar-refractivity contribution in [2.75, 3.05) is 6.54 Å². The van der Waals surface area contributed by atoms with E-state index in [4.69, 9.17) is 0 Å². The van der Waals surface area contributed by atoms with Crippen LogP contribution in [0.2, 0.25) is 0 Å². The second kappa shape index (κ2) is 5.92. The fourth-order valence-electron chi connectivity index (χ4n) is 2.15. The maximum Gasteiger partial charge on any atom is 0.268 e. The molecular weight excluding hydrogens is 252 g/mol. The van der Waals surface area contributed by atoms with Gasteiger partial charge in [-0.3, -0.25) is 4.79 Å². The van der Waals surface area contributed by atoms with Crippen LogP contribution in [0.1, 0.15) is 39.0 Å². The molecule has 1 aromatic carbocycles. The lowest BCUT2D eigenvalue weighted by atomic mass is 10.1. The number of hydrogen-bond acceptors (Lipinski definition) is 2. The summed E-state index contributed by atoms with van der Waals surface area (Å²) in [7, 11) is 0. The largest absolute Gasteiger partial charge is 0.387 e. The molecule has 0 aliphatic heterocycles. The Morgan fingerprint density at radius 1 is 1.25 bits per heavy atom. The van der Waals surface area contributed by atoms with Crippen molar-refractivity contribution in [1.29, 1.82) is 0 Å². The van der Waals surface area contributed by atoms with Gasteiger partial charge in [-0.2, -0.15) is 0 Å². The van der Waals surface area contributed by atoms with E-state index in [1.165, 1.54) is 0 Å². The Bertz CT molecular complexity index is 599. The lowest BCUT2D eigenvalue weighted by Gasteiger charge is -2.12. The smallest absolute Gasteiger partial charge is 0.268 e. The number of benzene rings is 1. The van der Waals surface area contributed by atoms with Crippen molar-refractivity contribution in [3.63, 3.8) is 0 Å². The van der Waals surface area contributed by atoms with Crippen LogP contribution >= 0.6 is 0 Å². The minimum Gasteiger partial charge on any atom is -0.387 e. The minimum atomic E-state index is -0.698. The predicted molar refractivity (Wildman–Crippen MR) is 78.7 cm³/mol. The molecule has 1 amide bonds. The van der Waals surface area contributed by atoms with Gasteiger partial charge in [0.05, 0.1) is 6.10 Å². The summed E-state index contributed by atoms with van der Waals surface area (Å²) in [6.07, 6.45) is -0.698. The molecule has 4 heteroatoms. The molecule has 2 aromatic rings. The highest BCUT2D eigenvalue weighted by atomic mass is 16.3. The van der Waals surface area contributed by atoms with E-state index in [0.29, 0.717) is 5.69 Å². The van der Waals surface area contributed by atoms with Gasteiger partial charge in [-0.15, -0.1) is 0 Å². The quantitative estimate of drug-likeness (QED) is 0.800. The fourth-order valence-corrected chi connectivity index (χ4v) is 2.15. The van der Waals surface area contributed by atoms with Gasteiger partial charge in [0.25, 0.3) is 5.91 Å². The fraction of sp³-hybridized carbons (Fsp3) is 0.312. The zero-order chi connectivity index (χ0) is 14.7. The van der Waals surface area contributed by atoms with Gasteiger partial charge in [0.1, 0.15) is 5.69 Å². The summed E-state index contributed by atoms with van der Waals surface area (Å²) < 4.78 is 0. The number of amides is 1. The number of H-pyrrole nitrogens is 1. The number of hydrogen-bond donors (Lipinski definition) is 3. The molecule has 1 atom stereocenters. The van der Waals surface area contributed by atoms with E-state index < -0.39 is 6.10 Å². The molecule has 0 aliphatic carbocycles. The van der Waals surface area contributed by atoms with Gasteiger partial charge in [-0.1, -0.05) is 29.8 Å². The zero-order valence-electron chi connectivity index (χ0n) is 12.0. The summed E-state index contributed by atoms with van der Waals surface area (Å²) in [5, 5.41) is 12.8. The number of aromatic nitrogens is 1. The first-order valence-electron chi connectivity index (χ1n) is 6.66. The Balaban J connectivity index is 1.96. The Labute approximate surface area is 118 Å². The molecule has 0 saturated heterocycles. The van der Waals surface area contributed by atoms with Crippen molar-refractivity contribution >= 4 is 5.91 Å². The van der Waals surface area contributed by atoms with Crippen LogP contribution in [-0.2, 0) is 0 Å². The molecule has 0 spiro atoms. The van der Waals surface area contributed by atoms with Crippen LogP contribution in [0.25, 0.3) is 0 Å². The highest BCUT2D eigenvalue weighted by Gasteiger charge is 2.14. The predicted octanol–water partition coefficient (Wildman–Crippen LogP) is 2.40. The van der Waals surface area contributed by atoms with Crippen molar-refractivity contribution in [3.05, 3.63) is 58.4 Å². The first-order valence-corrected chi connectivity index (χ1v) is 6.66. The molecule has 1 aromatic heterocycles. The molecule has 1 heterocycles. The van der Waals surface area contributed by atoms with Crippen LogP contribution in [0.3, 0.4) is 0 Å². The number of carbonyl (C=O) groups is 1. The molecule has 20 heavy (non-hydrogen) atoms. The van der Waals surface area contributed by atoms with Crippen molar-refractivity contribution in [2.24, 2.45) is 0 Å². The molecule has 0 fully saturated rings. The molecule has 0 aliphatic rings. The average Bonchev–Trinajstić information content (AvgIpc) is 2.75. The van der Waals surface area contributed by atoms with Crippen LogP contribution in [0.15, 0.2) is 30.3 Å². The zero-order valence-corrected chi connectivity index (χ0v) is 12.0. The van der Waals surface area contributed by atoms with E-state index in [1.807, 2.05) is 51.1 Å². The molecule has 3 N–H and O–H groups in total.